The Morgan fingerprint density at radius 3 is 3.05 bits per heavy atom. The van der Waals surface area contributed by atoms with Crippen molar-refractivity contribution in [2.24, 2.45) is 0 Å². The van der Waals surface area contributed by atoms with E-state index in [1.165, 1.54) is 11.1 Å². The number of rotatable bonds is 2. The molecule has 0 amide bonds. The van der Waals surface area contributed by atoms with E-state index in [0.29, 0.717) is 5.69 Å². The van der Waals surface area contributed by atoms with Gasteiger partial charge in [0.05, 0.1) is 12.4 Å². The van der Waals surface area contributed by atoms with Crippen molar-refractivity contribution in [2.75, 3.05) is 0 Å². The number of hydrogen-bond donors (Lipinski definition) is 0. The molecule has 0 saturated heterocycles. The number of carbonyl (C=O) groups is 1. The molecule has 0 radical (unpaired) electrons. The summed E-state index contributed by atoms with van der Waals surface area (Å²) in [7, 11) is 0. The molecule has 2 aromatic heterocycles. The second-order valence-electron chi connectivity index (χ2n) is 5.70. The number of aldehydes is 1. The van der Waals surface area contributed by atoms with E-state index in [4.69, 9.17) is 0 Å². The number of aromatic nitrogens is 3. The fraction of sp³-hybridized carbons (Fsp3) is 0.235. The summed E-state index contributed by atoms with van der Waals surface area (Å²) in [5, 5.41) is 0. The van der Waals surface area contributed by atoms with Crippen LogP contribution in [0.5, 0.6) is 0 Å². The first kappa shape index (κ1) is 13.6. The lowest BCUT2D eigenvalue weighted by atomic mass is 10.1. The Kier molecular flexibility index (Phi) is 3.11. The molecule has 0 bridgehead atoms. The Hall–Kier alpha value is -2.01. The highest BCUT2D eigenvalue weighted by Crippen LogP contribution is 2.37. The van der Waals surface area contributed by atoms with Crippen molar-refractivity contribution in [3.63, 3.8) is 0 Å². The van der Waals surface area contributed by atoms with Gasteiger partial charge in [-0.25, -0.2) is 9.97 Å². The first-order valence-corrected chi connectivity index (χ1v) is 8.04. The highest BCUT2D eigenvalue weighted by atomic mass is 79.9. The molecule has 4 rings (SSSR count). The predicted octanol–water partition coefficient (Wildman–Crippen LogP) is 3.85. The lowest BCUT2D eigenvalue weighted by molar-refractivity contribution is 0.111. The summed E-state index contributed by atoms with van der Waals surface area (Å²) in [5.74, 6) is 0. The Morgan fingerprint density at radius 1 is 1.36 bits per heavy atom. The monoisotopic (exact) mass is 355 g/mol. The zero-order chi connectivity index (χ0) is 15.3. The minimum absolute atomic E-state index is 0.238. The Bertz CT molecular complexity index is 900. The van der Waals surface area contributed by atoms with E-state index in [2.05, 4.69) is 48.7 Å². The SMILES string of the molecule is Cc1cc(C=O)nc2c1ncn2C1CCc2cc(Br)ccc21. The Morgan fingerprint density at radius 2 is 2.23 bits per heavy atom. The molecular formula is C17H14BrN3O. The van der Waals surface area contributed by atoms with E-state index in [-0.39, 0.29) is 6.04 Å². The minimum Gasteiger partial charge on any atom is -0.308 e. The predicted molar refractivity (Wildman–Crippen MR) is 88.3 cm³/mol. The molecule has 0 spiro atoms. The van der Waals surface area contributed by atoms with Crippen LogP contribution in [-0.2, 0) is 6.42 Å². The van der Waals surface area contributed by atoms with Gasteiger partial charge in [0.1, 0.15) is 11.2 Å². The standard InChI is InChI=1S/C17H14BrN3O/c1-10-6-13(8-22)20-17-16(10)19-9-21(17)15-5-2-11-7-12(18)3-4-14(11)15/h3-4,6-9,15H,2,5H2,1H3. The van der Waals surface area contributed by atoms with Crippen LogP contribution in [0, 0.1) is 6.92 Å². The molecule has 110 valence electrons. The normalized spacial score (nSPS) is 16.9. The van der Waals surface area contributed by atoms with Crippen molar-refractivity contribution in [1.29, 1.82) is 0 Å². The third kappa shape index (κ3) is 2.00. The second-order valence-corrected chi connectivity index (χ2v) is 6.62. The van der Waals surface area contributed by atoms with Gasteiger partial charge in [0.2, 0.25) is 0 Å². The summed E-state index contributed by atoms with van der Waals surface area (Å²) in [4.78, 5) is 20.1. The minimum atomic E-state index is 0.238. The van der Waals surface area contributed by atoms with Gasteiger partial charge in [0.15, 0.2) is 11.9 Å². The average Bonchev–Trinajstić information content (AvgIpc) is 3.10. The van der Waals surface area contributed by atoms with Crippen LogP contribution in [0.15, 0.2) is 35.1 Å². The van der Waals surface area contributed by atoms with Crippen molar-refractivity contribution >= 4 is 33.4 Å². The van der Waals surface area contributed by atoms with Gasteiger partial charge < -0.3 is 4.57 Å². The van der Waals surface area contributed by atoms with Crippen LogP contribution >= 0.6 is 15.9 Å². The van der Waals surface area contributed by atoms with E-state index in [9.17, 15) is 4.79 Å². The summed E-state index contributed by atoms with van der Waals surface area (Å²) in [5.41, 5.74) is 5.79. The van der Waals surface area contributed by atoms with Crippen molar-refractivity contribution in [2.45, 2.75) is 25.8 Å². The highest BCUT2D eigenvalue weighted by molar-refractivity contribution is 9.10. The van der Waals surface area contributed by atoms with E-state index >= 15 is 0 Å². The number of benzene rings is 1. The van der Waals surface area contributed by atoms with Crippen molar-refractivity contribution < 1.29 is 4.79 Å². The molecule has 1 aliphatic carbocycles. The molecule has 5 heteroatoms. The van der Waals surface area contributed by atoms with E-state index in [0.717, 1.165) is 40.3 Å². The van der Waals surface area contributed by atoms with Crippen LogP contribution in [0.1, 0.15) is 39.6 Å². The summed E-state index contributed by atoms with van der Waals surface area (Å²) in [6, 6.07) is 8.45. The molecule has 0 N–H and O–H groups in total. The average molecular weight is 356 g/mol. The first-order chi connectivity index (χ1) is 10.7. The number of fused-ring (bicyclic) bond motifs is 2. The lowest BCUT2D eigenvalue weighted by Gasteiger charge is -2.14. The number of hydrogen-bond acceptors (Lipinski definition) is 3. The van der Waals surface area contributed by atoms with E-state index in [1.54, 1.807) is 6.07 Å². The summed E-state index contributed by atoms with van der Waals surface area (Å²) >= 11 is 3.53. The van der Waals surface area contributed by atoms with Gasteiger partial charge >= 0.3 is 0 Å². The van der Waals surface area contributed by atoms with Crippen LogP contribution < -0.4 is 0 Å². The lowest BCUT2D eigenvalue weighted by Crippen LogP contribution is -2.07. The maximum absolute atomic E-state index is 11.1. The van der Waals surface area contributed by atoms with Gasteiger partial charge in [-0.2, -0.15) is 0 Å². The summed E-state index contributed by atoms with van der Waals surface area (Å²) in [6.07, 6.45) is 4.72. The Labute approximate surface area is 136 Å². The molecule has 1 unspecified atom stereocenters. The Balaban J connectivity index is 1.90. The molecule has 1 atom stereocenters. The molecule has 4 nitrogen and oxygen atoms in total. The third-order valence-electron chi connectivity index (χ3n) is 4.35. The molecule has 0 saturated carbocycles. The molecule has 1 aromatic carbocycles. The number of carbonyl (C=O) groups excluding carboxylic acids is 1. The third-order valence-corrected chi connectivity index (χ3v) is 4.84. The van der Waals surface area contributed by atoms with Crippen LogP contribution in [-0.4, -0.2) is 20.8 Å². The zero-order valence-electron chi connectivity index (χ0n) is 12.1. The summed E-state index contributed by atoms with van der Waals surface area (Å²) in [6.45, 7) is 1.97. The first-order valence-electron chi connectivity index (χ1n) is 7.25. The fourth-order valence-electron chi connectivity index (χ4n) is 3.33. The van der Waals surface area contributed by atoms with Gasteiger partial charge in [-0.05, 0) is 54.7 Å². The van der Waals surface area contributed by atoms with Gasteiger partial charge in [0.25, 0.3) is 0 Å². The highest BCUT2D eigenvalue weighted by Gasteiger charge is 2.26. The molecule has 2 heterocycles. The number of halogens is 1. The second kappa shape index (κ2) is 5.02. The number of aryl methyl sites for hydroxylation is 2. The number of nitrogens with zero attached hydrogens (tertiary/aromatic N) is 3. The maximum Gasteiger partial charge on any atom is 0.168 e. The molecule has 1 aliphatic rings. The quantitative estimate of drug-likeness (QED) is 0.656. The molecule has 0 fully saturated rings. The van der Waals surface area contributed by atoms with Crippen LogP contribution in [0.3, 0.4) is 0 Å². The number of imidazole rings is 1. The zero-order valence-corrected chi connectivity index (χ0v) is 13.7. The maximum atomic E-state index is 11.1. The van der Waals surface area contributed by atoms with Crippen molar-refractivity contribution in [3.05, 3.63) is 57.4 Å². The van der Waals surface area contributed by atoms with E-state index in [1.807, 2.05) is 13.3 Å². The summed E-state index contributed by atoms with van der Waals surface area (Å²) < 4.78 is 3.22. The van der Waals surface area contributed by atoms with Crippen LogP contribution in [0.25, 0.3) is 11.2 Å². The molecule has 22 heavy (non-hydrogen) atoms. The van der Waals surface area contributed by atoms with Crippen molar-refractivity contribution in [1.82, 2.24) is 14.5 Å². The molecular weight excluding hydrogens is 342 g/mol. The van der Waals surface area contributed by atoms with Gasteiger partial charge in [-0.1, -0.05) is 22.0 Å². The van der Waals surface area contributed by atoms with Crippen LogP contribution in [0.2, 0.25) is 0 Å². The van der Waals surface area contributed by atoms with Gasteiger partial charge in [0, 0.05) is 4.47 Å². The fourth-order valence-corrected chi connectivity index (χ4v) is 3.74. The topological polar surface area (TPSA) is 47.8 Å². The molecule has 3 aromatic rings. The molecule has 0 aliphatic heterocycles. The smallest absolute Gasteiger partial charge is 0.168 e. The largest absolute Gasteiger partial charge is 0.308 e. The van der Waals surface area contributed by atoms with Crippen LogP contribution in [0.4, 0.5) is 0 Å². The van der Waals surface area contributed by atoms with E-state index < -0.39 is 0 Å². The number of pyridine rings is 1. The van der Waals surface area contributed by atoms with Gasteiger partial charge in [-0.3, -0.25) is 4.79 Å². The van der Waals surface area contributed by atoms with Gasteiger partial charge in [-0.15, -0.1) is 0 Å². The van der Waals surface area contributed by atoms with Crippen molar-refractivity contribution in [3.8, 4) is 0 Å².